The van der Waals surface area contributed by atoms with Gasteiger partial charge in [0.2, 0.25) is 5.91 Å². The molecule has 0 atom stereocenters. The Balaban J connectivity index is 1.45. The number of carbonyl (C=O) groups excluding carboxylic acids is 1. The molecule has 4 nitrogen and oxygen atoms in total. The van der Waals surface area contributed by atoms with Gasteiger partial charge in [-0.25, -0.2) is 0 Å². The molecule has 1 N–H and O–H groups in total. The van der Waals surface area contributed by atoms with Crippen LogP contribution in [0.3, 0.4) is 0 Å². The molecule has 1 aromatic carbocycles. The lowest BCUT2D eigenvalue weighted by Gasteiger charge is -2.08. The van der Waals surface area contributed by atoms with Gasteiger partial charge in [0.25, 0.3) is 0 Å². The highest BCUT2D eigenvalue weighted by Crippen LogP contribution is 2.24. The first-order valence-corrected chi connectivity index (χ1v) is 10.1. The van der Waals surface area contributed by atoms with Crippen molar-refractivity contribution < 1.29 is 9.53 Å². The molecule has 0 radical (unpaired) electrons. The fourth-order valence-corrected chi connectivity index (χ4v) is 3.39. The van der Waals surface area contributed by atoms with Gasteiger partial charge in [-0.3, -0.25) is 9.78 Å². The number of hydrogen-bond acceptors (Lipinski definition) is 4. The number of nitrogens with zero attached hydrogens (tertiary/aromatic N) is 1. The predicted octanol–water partition coefficient (Wildman–Crippen LogP) is 4.85. The summed E-state index contributed by atoms with van der Waals surface area (Å²) in [6, 6.07) is 14.1. The van der Waals surface area contributed by atoms with Gasteiger partial charge in [0.1, 0.15) is 5.75 Å². The molecule has 27 heavy (non-hydrogen) atoms. The van der Waals surface area contributed by atoms with Gasteiger partial charge in [-0.1, -0.05) is 25.1 Å². The fourth-order valence-electron chi connectivity index (χ4n) is 2.68. The zero-order chi connectivity index (χ0) is 18.9. The van der Waals surface area contributed by atoms with Gasteiger partial charge in [-0.05, 0) is 53.6 Å². The quantitative estimate of drug-likeness (QED) is 0.577. The van der Waals surface area contributed by atoms with E-state index in [1.807, 2.05) is 41.9 Å². The van der Waals surface area contributed by atoms with Crippen molar-refractivity contribution in [1.29, 1.82) is 0 Å². The van der Waals surface area contributed by atoms with Crippen molar-refractivity contribution in [2.24, 2.45) is 0 Å². The van der Waals surface area contributed by atoms with E-state index in [1.165, 1.54) is 4.88 Å². The normalized spacial score (nSPS) is 10.6. The second-order valence-electron chi connectivity index (χ2n) is 6.33. The number of nitrogens with one attached hydrogen (secondary N) is 1. The molecule has 0 spiro atoms. The summed E-state index contributed by atoms with van der Waals surface area (Å²) in [5.74, 6) is 0.922. The summed E-state index contributed by atoms with van der Waals surface area (Å²) in [6.07, 6.45) is 5.83. The largest absolute Gasteiger partial charge is 0.494 e. The van der Waals surface area contributed by atoms with Crippen molar-refractivity contribution in [3.05, 3.63) is 71.4 Å². The van der Waals surface area contributed by atoms with Crippen LogP contribution in [0.15, 0.2) is 60.2 Å². The highest BCUT2D eigenvalue weighted by Gasteiger charge is 2.05. The zero-order valence-electron chi connectivity index (χ0n) is 15.5. The summed E-state index contributed by atoms with van der Waals surface area (Å²) in [6.45, 7) is 3.31. The highest BCUT2D eigenvalue weighted by atomic mass is 32.1. The lowest BCUT2D eigenvalue weighted by Crippen LogP contribution is -2.23. The van der Waals surface area contributed by atoms with E-state index in [9.17, 15) is 4.79 Å². The van der Waals surface area contributed by atoms with Crippen molar-refractivity contribution >= 4 is 17.2 Å². The van der Waals surface area contributed by atoms with Crippen molar-refractivity contribution in [2.75, 3.05) is 6.61 Å². The summed E-state index contributed by atoms with van der Waals surface area (Å²) in [5, 5.41) is 5.03. The molecule has 0 aliphatic heterocycles. The first-order valence-electron chi connectivity index (χ1n) is 9.21. The van der Waals surface area contributed by atoms with E-state index >= 15 is 0 Å². The van der Waals surface area contributed by atoms with Crippen LogP contribution in [0.1, 0.15) is 30.9 Å². The molecule has 2 heterocycles. The average Bonchev–Trinajstić information content (AvgIpc) is 3.25. The van der Waals surface area contributed by atoms with Crippen LogP contribution in [0.5, 0.6) is 5.75 Å². The standard InChI is InChI=1S/C22H24N2O2S/c1-2-11-26-20-8-5-17(6-9-20)7-10-22(25)24-15-18-13-19(16-23-14-18)21-4-3-12-27-21/h3-6,8-9,12-14,16H,2,7,10-11,15H2,1H3,(H,24,25). The van der Waals surface area contributed by atoms with E-state index in [1.54, 1.807) is 17.5 Å². The number of rotatable bonds is 9. The minimum Gasteiger partial charge on any atom is -0.494 e. The van der Waals surface area contributed by atoms with Crippen LogP contribution < -0.4 is 10.1 Å². The summed E-state index contributed by atoms with van der Waals surface area (Å²) >= 11 is 1.68. The molecule has 0 aliphatic rings. The van der Waals surface area contributed by atoms with E-state index in [-0.39, 0.29) is 5.91 Å². The maximum atomic E-state index is 12.2. The Morgan fingerprint density at radius 1 is 1.15 bits per heavy atom. The van der Waals surface area contributed by atoms with Gasteiger partial charge < -0.3 is 10.1 Å². The molecule has 0 bridgehead atoms. The Bertz CT molecular complexity index is 845. The number of ether oxygens (including phenoxy) is 1. The maximum absolute atomic E-state index is 12.2. The molecule has 140 valence electrons. The Morgan fingerprint density at radius 3 is 2.74 bits per heavy atom. The second kappa shape index (κ2) is 9.88. The molecule has 1 amide bonds. The molecule has 0 unspecified atom stereocenters. The van der Waals surface area contributed by atoms with Crippen LogP contribution in [0, 0.1) is 0 Å². The molecule has 0 aliphatic carbocycles. The number of aromatic nitrogens is 1. The Morgan fingerprint density at radius 2 is 2.00 bits per heavy atom. The smallest absolute Gasteiger partial charge is 0.220 e. The molecule has 0 saturated heterocycles. The number of carbonyl (C=O) groups is 1. The van der Waals surface area contributed by atoms with Crippen LogP contribution in [-0.2, 0) is 17.8 Å². The summed E-state index contributed by atoms with van der Waals surface area (Å²) in [4.78, 5) is 17.6. The van der Waals surface area contributed by atoms with Crippen molar-refractivity contribution in [2.45, 2.75) is 32.7 Å². The Hall–Kier alpha value is -2.66. The third-order valence-corrected chi connectivity index (χ3v) is 5.05. The Labute approximate surface area is 164 Å². The van der Waals surface area contributed by atoms with Crippen molar-refractivity contribution in [1.82, 2.24) is 10.3 Å². The van der Waals surface area contributed by atoms with Crippen molar-refractivity contribution in [3.63, 3.8) is 0 Å². The lowest BCUT2D eigenvalue weighted by molar-refractivity contribution is -0.121. The predicted molar refractivity (Wildman–Crippen MR) is 110 cm³/mol. The topological polar surface area (TPSA) is 51.2 Å². The van der Waals surface area contributed by atoms with E-state index in [2.05, 4.69) is 29.4 Å². The van der Waals surface area contributed by atoms with E-state index in [4.69, 9.17) is 4.74 Å². The number of thiophene rings is 1. The fraction of sp³-hybridized carbons (Fsp3) is 0.273. The molecule has 0 fully saturated rings. The second-order valence-corrected chi connectivity index (χ2v) is 7.28. The molecular formula is C22H24N2O2S. The van der Waals surface area contributed by atoms with Crippen LogP contribution in [0.2, 0.25) is 0 Å². The molecular weight excluding hydrogens is 356 g/mol. The molecule has 3 rings (SSSR count). The lowest BCUT2D eigenvalue weighted by atomic mass is 10.1. The van der Waals surface area contributed by atoms with Crippen LogP contribution in [-0.4, -0.2) is 17.5 Å². The molecule has 5 heteroatoms. The number of hydrogen-bond donors (Lipinski definition) is 1. The first kappa shape index (κ1) is 19.1. The van der Waals surface area contributed by atoms with Crippen LogP contribution in [0.25, 0.3) is 10.4 Å². The van der Waals surface area contributed by atoms with Crippen molar-refractivity contribution in [3.8, 4) is 16.2 Å². The summed E-state index contributed by atoms with van der Waals surface area (Å²) < 4.78 is 5.58. The van der Waals surface area contributed by atoms with E-state index < -0.39 is 0 Å². The van der Waals surface area contributed by atoms with Gasteiger partial charge in [0, 0.05) is 35.8 Å². The molecule has 2 aromatic heterocycles. The number of aryl methyl sites for hydroxylation is 1. The number of amides is 1. The minimum absolute atomic E-state index is 0.0443. The Kier molecular flexibility index (Phi) is 6.99. The van der Waals surface area contributed by atoms with E-state index in [0.717, 1.165) is 35.5 Å². The average molecular weight is 381 g/mol. The van der Waals surface area contributed by atoms with Gasteiger partial charge >= 0.3 is 0 Å². The molecule has 3 aromatic rings. The van der Waals surface area contributed by atoms with Crippen LogP contribution >= 0.6 is 11.3 Å². The van der Waals surface area contributed by atoms with E-state index in [0.29, 0.717) is 19.4 Å². The zero-order valence-corrected chi connectivity index (χ0v) is 16.3. The van der Waals surface area contributed by atoms with Gasteiger partial charge in [0.15, 0.2) is 0 Å². The minimum atomic E-state index is 0.0443. The first-order chi connectivity index (χ1) is 13.2. The maximum Gasteiger partial charge on any atom is 0.220 e. The highest BCUT2D eigenvalue weighted by molar-refractivity contribution is 7.13. The monoisotopic (exact) mass is 380 g/mol. The third-order valence-electron chi connectivity index (χ3n) is 4.13. The van der Waals surface area contributed by atoms with Crippen LogP contribution in [0.4, 0.5) is 0 Å². The molecule has 0 saturated carbocycles. The van der Waals surface area contributed by atoms with Gasteiger partial charge in [-0.2, -0.15) is 0 Å². The van der Waals surface area contributed by atoms with Gasteiger partial charge in [0.05, 0.1) is 6.61 Å². The van der Waals surface area contributed by atoms with Gasteiger partial charge in [-0.15, -0.1) is 11.3 Å². The third kappa shape index (κ3) is 5.93. The summed E-state index contributed by atoms with van der Waals surface area (Å²) in [7, 11) is 0. The summed E-state index contributed by atoms with van der Waals surface area (Å²) in [5.41, 5.74) is 3.23. The SMILES string of the molecule is CCCOc1ccc(CCC(=O)NCc2cncc(-c3cccs3)c2)cc1. The number of pyridine rings is 1. The number of benzene rings is 1.